The zero-order valence-electron chi connectivity index (χ0n) is 12.9. The van der Waals surface area contributed by atoms with E-state index in [1.54, 1.807) is 0 Å². The fraction of sp³-hybridized carbons (Fsp3) is 0.385. The van der Waals surface area contributed by atoms with E-state index in [0.717, 1.165) is 21.6 Å². The molecule has 2 N–H and O–H groups in total. The summed E-state index contributed by atoms with van der Waals surface area (Å²) in [5.74, 6) is -2.02. The van der Waals surface area contributed by atoms with Crippen LogP contribution in [0.4, 0.5) is 18.9 Å². The van der Waals surface area contributed by atoms with Gasteiger partial charge in [-0.25, -0.2) is 4.79 Å². The van der Waals surface area contributed by atoms with Crippen LogP contribution in [0.15, 0.2) is 12.3 Å². The third kappa shape index (κ3) is 3.24. The van der Waals surface area contributed by atoms with Crippen molar-refractivity contribution in [2.75, 3.05) is 5.32 Å². The highest BCUT2D eigenvalue weighted by atomic mass is 19.4. The molecule has 24 heavy (non-hydrogen) atoms. The van der Waals surface area contributed by atoms with Gasteiger partial charge in [0.1, 0.15) is 6.04 Å². The average Bonchev–Trinajstić information content (AvgIpc) is 3.01. The van der Waals surface area contributed by atoms with Crippen molar-refractivity contribution in [1.82, 2.24) is 19.6 Å². The van der Waals surface area contributed by atoms with E-state index in [1.807, 2.05) is 0 Å². The number of hydrogen-bond donors (Lipinski definition) is 2. The van der Waals surface area contributed by atoms with E-state index in [9.17, 15) is 22.8 Å². The van der Waals surface area contributed by atoms with Gasteiger partial charge in [-0.2, -0.15) is 23.4 Å². The summed E-state index contributed by atoms with van der Waals surface area (Å²) >= 11 is 0. The van der Waals surface area contributed by atoms with Crippen LogP contribution in [0, 0.1) is 6.92 Å². The fourth-order valence-corrected chi connectivity index (χ4v) is 2.15. The summed E-state index contributed by atoms with van der Waals surface area (Å²) in [6, 6.07) is -0.251. The smallest absolute Gasteiger partial charge is 0.435 e. The lowest BCUT2D eigenvalue weighted by Gasteiger charge is -2.14. The monoisotopic (exact) mass is 345 g/mol. The number of aromatic nitrogens is 4. The summed E-state index contributed by atoms with van der Waals surface area (Å²) in [7, 11) is 1.38. The minimum atomic E-state index is -4.62. The lowest BCUT2D eigenvalue weighted by atomic mass is 10.2. The lowest BCUT2D eigenvalue weighted by molar-refractivity contribution is -0.141. The van der Waals surface area contributed by atoms with Gasteiger partial charge in [0.15, 0.2) is 11.4 Å². The topological polar surface area (TPSA) is 102 Å². The first-order valence-corrected chi connectivity index (χ1v) is 6.72. The number of aromatic carboxylic acids is 1. The quantitative estimate of drug-likeness (QED) is 0.880. The third-order valence-corrected chi connectivity index (χ3v) is 3.36. The minimum absolute atomic E-state index is 0.0531. The summed E-state index contributed by atoms with van der Waals surface area (Å²) in [6.07, 6.45) is -3.48. The Balaban J connectivity index is 2.25. The normalized spacial score (nSPS) is 12.9. The van der Waals surface area contributed by atoms with Crippen LogP contribution in [-0.2, 0) is 18.0 Å². The van der Waals surface area contributed by atoms with Crippen LogP contribution in [0.2, 0.25) is 0 Å². The number of amides is 1. The van der Waals surface area contributed by atoms with Gasteiger partial charge in [-0.15, -0.1) is 0 Å². The number of anilines is 1. The second kappa shape index (κ2) is 5.98. The van der Waals surface area contributed by atoms with Crippen molar-refractivity contribution in [2.45, 2.75) is 26.1 Å². The first kappa shape index (κ1) is 17.5. The first-order valence-electron chi connectivity index (χ1n) is 6.72. The van der Waals surface area contributed by atoms with Gasteiger partial charge >= 0.3 is 12.1 Å². The van der Waals surface area contributed by atoms with Gasteiger partial charge in [0, 0.05) is 12.7 Å². The number of hydrogen-bond acceptors (Lipinski definition) is 4. The molecule has 2 heterocycles. The lowest BCUT2D eigenvalue weighted by Crippen LogP contribution is -2.26. The predicted molar refractivity (Wildman–Crippen MR) is 75.5 cm³/mol. The summed E-state index contributed by atoms with van der Waals surface area (Å²) in [4.78, 5) is 23.4. The Bertz CT molecular complexity index is 793. The van der Waals surface area contributed by atoms with Crippen LogP contribution in [0.25, 0.3) is 0 Å². The van der Waals surface area contributed by atoms with Crippen molar-refractivity contribution in [3.63, 3.8) is 0 Å². The molecule has 2 rings (SSSR count). The maximum Gasteiger partial charge on any atom is 0.435 e. The molecular weight excluding hydrogens is 331 g/mol. The predicted octanol–water partition coefficient (Wildman–Crippen LogP) is 1.84. The van der Waals surface area contributed by atoms with Crippen molar-refractivity contribution >= 4 is 17.6 Å². The molecule has 11 heteroatoms. The number of halogens is 3. The molecule has 0 saturated carbocycles. The number of nitrogens with zero attached hydrogens (tertiary/aromatic N) is 4. The molecule has 1 amide bonds. The van der Waals surface area contributed by atoms with Crippen molar-refractivity contribution < 1.29 is 27.9 Å². The van der Waals surface area contributed by atoms with Crippen LogP contribution in [0.5, 0.6) is 0 Å². The first-order chi connectivity index (χ1) is 11.0. The number of aryl methyl sites for hydroxylation is 2. The molecule has 0 aliphatic rings. The maximum absolute atomic E-state index is 12.7. The molecule has 2 aromatic heterocycles. The second-order valence-corrected chi connectivity index (χ2v) is 5.11. The van der Waals surface area contributed by atoms with Gasteiger partial charge in [0.05, 0.1) is 11.9 Å². The molecule has 0 radical (unpaired) electrons. The van der Waals surface area contributed by atoms with Gasteiger partial charge in [-0.3, -0.25) is 14.2 Å². The molecule has 0 spiro atoms. The molecule has 0 aliphatic carbocycles. The highest BCUT2D eigenvalue weighted by molar-refractivity contribution is 6.00. The third-order valence-electron chi connectivity index (χ3n) is 3.36. The van der Waals surface area contributed by atoms with Crippen molar-refractivity contribution in [3.05, 3.63) is 29.3 Å². The van der Waals surface area contributed by atoms with Crippen LogP contribution >= 0.6 is 0 Å². The Morgan fingerprint density at radius 2 is 2.00 bits per heavy atom. The Morgan fingerprint density at radius 3 is 2.50 bits per heavy atom. The number of carboxylic acid groups (broad SMARTS) is 1. The molecular formula is C13H14F3N5O3. The number of carbonyl (C=O) groups is 2. The Hall–Kier alpha value is -2.85. The van der Waals surface area contributed by atoms with Crippen LogP contribution in [0.1, 0.15) is 34.8 Å². The largest absolute Gasteiger partial charge is 0.476 e. The standard InChI is InChI=1S/C13H14F3N5O3/c1-6-4-9(13(14,15)16)19-21(6)7(2)11(22)18-8-5-17-20(3)10(8)12(23)24/h4-5,7H,1-3H3,(H,18,22)(H,23,24). The van der Waals surface area contributed by atoms with Crippen molar-refractivity contribution in [1.29, 1.82) is 0 Å². The Morgan fingerprint density at radius 1 is 1.38 bits per heavy atom. The Labute approximate surface area is 133 Å². The van der Waals surface area contributed by atoms with Crippen LogP contribution in [0.3, 0.4) is 0 Å². The summed E-state index contributed by atoms with van der Waals surface area (Å²) in [5, 5.41) is 18.6. The van der Waals surface area contributed by atoms with E-state index >= 15 is 0 Å². The van der Waals surface area contributed by atoms with Gasteiger partial charge in [0.25, 0.3) is 0 Å². The zero-order chi connectivity index (χ0) is 18.2. The second-order valence-electron chi connectivity index (χ2n) is 5.11. The van der Waals surface area contributed by atoms with Crippen molar-refractivity contribution in [3.8, 4) is 0 Å². The van der Waals surface area contributed by atoms with E-state index in [2.05, 4.69) is 15.5 Å². The van der Waals surface area contributed by atoms with E-state index in [4.69, 9.17) is 5.11 Å². The fourth-order valence-electron chi connectivity index (χ4n) is 2.15. The van der Waals surface area contributed by atoms with Crippen LogP contribution in [-0.4, -0.2) is 36.5 Å². The maximum atomic E-state index is 12.7. The molecule has 0 aliphatic heterocycles. The minimum Gasteiger partial charge on any atom is -0.476 e. The van der Waals surface area contributed by atoms with Gasteiger partial charge in [-0.1, -0.05) is 0 Å². The number of carbonyl (C=O) groups excluding carboxylic acids is 1. The molecule has 1 unspecified atom stereocenters. The number of nitrogens with one attached hydrogen (secondary N) is 1. The highest BCUT2D eigenvalue weighted by Gasteiger charge is 2.35. The Kier molecular flexibility index (Phi) is 4.36. The summed E-state index contributed by atoms with van der Waals surface area (Å²) < 4.78 is 40.0. The molecule has 2 aromatic rings. The number of alkyl halides is 3. The van der Waals surface area contributed by atoms with E-state index in [1.165, 1.54) is 20.9 Å². The summed E-state index contributed by atoms with van der Waals surface area (Å²) in [5.41, 5.74) is -1.26. The van der Waals surface area contributed by atoms with Gasteiger partial charge < -0.3 is 10.4 Å². The van der Waals surface area contributed by atoms with E-state index in [-0.39, 0.29) is 17.1 Å². The summed E-state index contributed by atoms with van der Waals surface area (Å²) in [6.45, 7) is 2.74. The molecule has 0 aromatic carbocycles. The van der Waals surface area contributed by atoms with E-state index in [0.29, 0.717) is 0 Å². The number of carboxylic acids is 1. The van der Waals surface area contributed by atoms with Gasteiger partial charge in [0.2, 0.25) is 5.91 Å². The SMILES string of the molecule is Cc1cc(C(F)(F)F)nn1C(C)C(=O)Nc1cnn(C)c1C(=O)O. The van der Waals surface area contributed by atoms with Gasteiger partial charge in [-0.05, 0) is 19.9 Å². The number of rotatable bonds is 4. The molecule has 130 valence electrons. The average molecular weight is 345 g/mol. The zero-order valence-corrected chi connectivity index (χ0v) is 12.9. The van der Waals surface area contributed by atoms with E-state index < -0.39 is 29.8 Å². The molecule has 8 nitrogen and oxygen atoms in total. The van der Waals surface area contributed by atoms with Crippen LogP contribution < -0.4 is 5.32 Å². The molecule has 0 saturated heterocycles. The molecule has 1 atom stereocenters. The molecule has 0 fully saturated rings. The van der Waals surface area contributed by atoms with Crippen molar-refractivity contribution in [2.24, 2.45) is 7.05 Å². The highest BCUT2D eigenvalue weighted by Crippen LogP contribution is 2.29. The molecule has 0 bridgehead atoms.